The molecule has 0 aliphatic heterocycles. The summed E-state index contributed by atoms with van der Waals surface area (Å²) in [5.74, 6) is 0. The molecule has 0 spiro atoms. The Morgan fingerprint density at radius 1 is 0.176 bits per heavy atom. The van der Waals surface area contributed by atoms with E-state index in [1.54, 1.807) is 0 Å². The SMILES string of the molecule is c1ccc(-c2ccc(-c3cc(-c4ccccc4)cc(-c4ccc(-c5ccc(-n6c7ccccc7c7ccccc76)cc5)cc4-c4ccc(-n5c6ccccc6c6ccccc65)cc4)c3)cc2)cc1. The highest BCUT2D eigenvalue weighted by atomic mass is 15.0. The number of rotatable bonds is 8. The first-order valence-electron chi connectivity index (χ1n) is 23.4. The van der Waals surface area contributed by atoms with Gasteiger partial charge in [0.05, 0.1) is 22.1 Å². The number of hydrogen-bond donors (Lipinski definition) is 0. The van der Waals surface area contributed by atoms with Crippen molar-refractivity contribution >= 4 is 43.6 Å². The third-order valence-electron chi connectivity index (χ3n) is 13.8. The first kappa shape index (κ1) is 39.4. The van der Waals surface area contributed by atoms with Crippen molar-refractivity contribution in [1.82, 2.24) is 9.13 Å². The summed E-state index contributed by atoms with van der Waals surface area (Å²) in [7, 11) is 0. The van der Waals surface area contributed by atoms with Gasteiger partial charge in [0.25, 0.3) is 0 Å². The molecule has 0 amide bonds. The van der Waals surface area contributed by atoms with Crippen LogP contribution in [0.1, 0.15) is 0 Å². The maximum absolute atomic E-state index is 2.39. The number of fused-ring (bicyclic) bond motifs is 6. The second-order valence-electron chi connectivity index (χ2n) is 17.7. The highest BCUT2D eigenvalue weighted by molar-refractivity contribution is 6.10. The molecule has 2 nitrogen and oxygen atoms in total. The monoisotopic (exact) mass is 864 g/mol. The summed E-state index contributed by atoms with van der Waals surface area (Å²) in [6.07, 6.45) is 0. The molecule has 0 fully saturated rings. The molecule has 2 heterocycles. The standard InChI is InChI=1S/C66H44N2/c1-3-15-45(16-4-1)47-27-29-49(30-28-47)53-41-52(46-17-5-2-6-18-46)42-54(43-53)57-40-35-51(48-31-36-55(37-32-48)67-63-23-11-7-19-58(63)59-20-8-12-24-64(59)67)44-62(57)50-33-38-56(39-34-50)68-65-25-13-9-21-60(65)61-22-10-14-26-66(61)68/h1-44H. The van der Waals surface area contributed by atoms with Gasteiger partial charge in [-0.1, -0.05) is 194 Å². The van der Waals surface area contributed by atoms with Crippen molar-refractivity contribution in [2.24, 2.45) is 0 Å². The van der Waals surface area contributed by atoms with Gasteiger partial charge in [-0.3, -0.25) is 0 Å². The summed E-state index contributed by atoms with van der Waals surface area (Å²) in [6, 6.07) is 97.6. The zero-order chi connectivity index (χ0) is 45.0. The topological polar surface area (TPSA) is 9.86 Å². The van der Waals surface area contributed by atoms with Gasteiger partial charge >= 0.3 is 0 Å². The van der Waals surface area contributed by atoms with E-state index in [2.05, 4.69) is 276 Å². The Balaban J connectivity index is 0.962. The van der Waals surface area contributed by atoms with E-state index in [0.29, 0.717) is 0 Å². The van der Waals surface area contributed by atoms with E-state index in [4.69, 9.17) is 0 Å². The molecule has 2 heteroatoms. The average molecular weight is 865 g/mol. The summed E-state index contributed by atoms with van der Waals surface area (Å²) >= 11 is 0. The lowest BCUT2D eigenvalue weighted by Gasteiger charge is -2.17. The Hall–Kier alpha value is -8.98. The third-order valence-corrected chi connectivity index (χ3v) is 13.8. The number of benzene rings is 11. The molecule has 13 aromatic rings. The summed E-state index contributed by atoms with van der Waals surface area (Å²) in [4.78, 5) is 0. The van der Waals surface area contributed by atoms with Gasteiger partial charge in [0, 0.05) is 32.9 Å². The van der Waals surface area contributed by atoms with Crippen LogP contribution in [0.15, 0.2) is 267 Å². The van der Waals surface area contributed by atoms with Crippen molar-refractivity contribution in [3.05, 3.63) is 267 Å². The van der Waals surface area contributed by atoms with Gasteiger partial charge in [-0.15, -0.1) is 0 Å². The van der Waals surface area contributed by atoms with Crippen LogP contribution < -0.4 is 0 Å². The number of nitrogens with zero attached hydrogens (tertiary/aromatic N) is 2. The highest BCUT2D eigenvalue weighted by Crippen LogP contribution is 2.42. The van der Waals surface area contributed by atoms with Gasteiger partial charge in [-0.25, -0.2) is 0 Å². The lowest BCUT2D eigenvalue weighted by molar-refractivity contribution is 1.18. The van der Waals surface area contributed by atoms with Crippen LogP contribution in [0, 0.1) is 0 Å². The smallest absolute Gasteiger partial charge is 0.0541 e. The van der Waals surface area contributed by atoms with Crippen molar-refractivity contribution in [3.63, 3.8) is 0 Å². The fourth-order valence-corrected chi connectivity index (χ4v) is 10.4. The Morgan fingerprint density at radius 3 is 0.941 bits per heavy atom. The van der Waals surface area contributed by atoms with Gasteiger partial charge in [0.2, 0.25) is 0 Å². The normalized spacial score (nSPS) is 11.5. The van der Waals surface area contributed by atoms with E-state index in [1.807, 2.05) is 0 Å². The minimum Gasteiger partial charge on any atom is -0.309 e. The molecule has 0 saturated heterocycles. The summed E-state index contributed by atoms with van der Waals surface area (Å²) in [5, 5.41) is 5.05. The molecule has 13 rings (SSSR count). The Labute approximate surface area is 395 Å². The lowest BCUT2D eigenvalue weighted by Crippen LogP contribution is -1.95. The molecule has 0 unspecified atom stereocenters. The van der Waals surface area contributed by atoms with E-state index in [-0.39, 0.29) is 0 Å². The summed E-state index contributed by atoms with van der Waals surface area (Å²) in [5.41, 5.74) is 21.3. The van der Waals surface area contributed by atoms with Crippen molar-refractivity contribution in [2.45, 2.75) is 0 Å². The fourth-order valence-electron chi connectivity index (χ4n) is 10.4. The molecule has 11 aromatic carbocycles. The Kier molecular flexibility index (Phi) is 9.54. The van der Waals surface area contributed by atoms with Crippen LogP contribution in [0.2, 0.25) is 0 Å². The maximum atomic E-state index is 2.39. The molecule has 0 saturated carbocycles. The van der Waals surface area contributed by atoms with Crippen molar-refractivity contribution in [2.75, 3.05) is 0 Å². The van der Waals surface area contributed by atoms with E-state index < -0.39 is 0 Å². The largest absolute Gasteiger partial charge is 0.309 e. The number of hydrogen-bond acceptors (Lipinski definition) is 0. The van der Waals surface area contributed by atoms with Crippen LogP contribution in [0.5, 0.6) is 0 Å². The van der Waals surface area contributed by atoms with E-state index in [1.165, 1.54) is 105 Å². The quantitative estimate of drug-likeness (QED) is 0.144. The minimum atomic E-state index is 1.14. The molecule has 68 heavy (non-hydrogen) atoms. The Bertz CT molecular complexity index is 3860. The second-order valence-corrected chi connectivity index (χ2v) is 17.7. The van der Waals surface area contributed by atoms with E-state index in [9.17, 15) is 0 Å². The van der Waals surface area contributed by atoms with Crippen LogP contribution in [-0.4, -0.2) is 9.13 Å². The van der Waals surface area contributed by atoms with Gasteiger partial charge in [0.1, 0.15) is 0 Å². The Morgan fingerprint density at radius 2 is 0.485 bits per heavy atom. The molecule has 0 N–H and O–H groups in total. The molecule has 0 aliphatic carbocycles. The summed E-state index contributed by atoms with van der Waals surface area (Å²) in [6.45, 7) is 0. The minimum absolute atomic E-state index is 1.14. The van der Waals surface area contributed by atoms with Crippen LogP contribution in [0.3, 0.4) is 0 Å². The molecule has 0 aliphatic rings. The highest BCUT2D eigenvalue weighted by Gasteiger charge is 2.17. The van der Waals surface area contributed by atoms with Gasteiger partial charge in [-0.05, 0) is 140 Å². The average Bonchev–Trinajstić information content (AvgIpc) is 3.94. The van der Waals surface area contributed by atoms with Crippen LogP contribution >= 0.6 is 0 Å². The predicted molar refractivity (Wildman–Crippen MR) is 288 cm³/mol. The zero-order valence-electron chi connectivity index (χ0n) is 37.3. The van der Waals surface area contributed by atoms with Crippen molar-refractivity contribution in [3.8, 4) is 78.1 Å². The molecule has 0 radical (unpaired) electrons. The van der Waals surface area contributed by atoms with Gasteiger partial charge in [-0.2, -0.15) is 0 Å². The zero-order valence-corrected chi connectivity index (χ0v) is 37.3. The fraction of sp³-hybridized carbons (Fsp3) is 0. The number of para-hydroxylation sites is 4. The maximum Gasteiger partial charge on any atom is 0.0541 e. The van der Waals surface area contributed by atoms with E-state index >= 15 is 0 Å². The third kappa shape index (κ3) is 6.82. The second kappa shape index (κ2) is 16.5. The lowest BCUT2D eigenvalue weighted by atomic mass is 9.87. The predicted octanol–water partition coefficient (Wildman–Crippen LogP) is 17.9. The molecule has 318 valence electrons. The molecule has 0 atom stereocenters. The van der Waals surface area contributed by atoms with Crippen LogP contribution in [0.4, 0.5) is 0 Å². The van der Waals surface area contributed by atoms with Crippen LogP contribution in [-0.2, 0) is 0 Å². The van der Waals surface area contributed by atoms with Gasteiger partial charge < -0.3 is 9.13 Å². The molecule has 2 aromatic heterocycles. The molecular weight excluding hydrogens is 821 g/mol. The first-order chi connectivity index (χ1) is 33.7. The van der Waals surface area contributed by atoms with Crippen molar-refractivity contribution in [1.29, 1.82) is 0 Å². The first-order valence-corrected chi connectivity index (χ1v) is 23.4. The molecular formula is C66H44N2. The summed E-state index contributed by atoms with van der Waals surface area (Å²) < 4.78 is 4.78. The van der Waals surface area contributed by atoms with E-state index in [0.717, 1.165) is 16.9 Å². The molecule has 0 bridgehead atoms. The number of aromatic nitrogens is 2. The van der Waals surface area contributed by atoms with Crippen LogP contribution in [0.25, 0.3) is 122 Å². The van der Waals surface area contributed by atoms with Crippen molar-refractivity contribution < 1.29 is 0 Å². The van der Waals surface area contributed by atoms with Gasteiger partial charge in [0.15, 0.2) is 0 Å².